The quantitative estimate of drug-likeness (QED) is 0.740. The molecule has 0 aromatic carbocycles. The van der Waals surface area contributed by atoms with E-state index in [1.165, 1.54) is 7.11 Å². The number of pyridine rings is 1. The molecule has 1 heterocycles. The van der Waals surface area contributed by atoms with Crippen LogP contribution in [0.25, 0.3) is 0 Å². The molecule has 0 fully saturated rings. The lowest BCUT2D eigenvalue weighted by Crippen LogP contribution is -2.28. The Morgan fingerprint density at radius 1 is 1.53 bits per heavy atom. The van der Waals surface area contributed by atoms with Gasteiger partial charge in [-0.25, -0.2) is 13.8 Å². The van der Waals surface area contributed by atoms with Crippen molar-refractivity contribution >= 4 is 11.8 Å². The highest BCUT2D eigenvalue weighted by atomic mass is 19.1. The van der Waals surface area contributed by atoms with Crippen LogP contribution in [-0.2, 0) is 9.53 Å². The van der Waals surface area contributed by atoms with Crippen LogP contribution in [0.4, 0.5) is 14.6 Å². The maximum atomic E-state index is 13.4. The minimum atomic E-state index is -0.739. The monoisotopic (exact) mass is 244 g/mol. The molecule has 0 saturated carbocycles. The molecule has 4 nitrogen and oxygen atoms in total. The Hall–Kier alpha value is -1.72. The minimum absolute atomic E-state index is 0.0396. The lowest BCUT2D eigenvalue weighted by molar-refractivity contribution is -0.140. The van der Waals surface area contributed by atoms with Gasteiger partial charge in [-0.2, -0.15) is 0 Å². The molecule has 17 heavy (non-hydrogen) atoms. The molecule has 0 aliphatic rings. The molecule has 1 aromatic rings. The van der Waals surface area contributed by atoms with E-state index in [1.54, 1.807) is 11.8 Å². The van der Waals surface area contributed by atoms with Crippen molar-refractivity contribution < 1.29 is 18.3 Å². The van der Waals surface area contributed by atoms with Crippen LogP contribution in [0.1, 0.15) is 13.3 Å². The first-order valence-corrected chi connectivity index (χ1v) is 5.21. The summed E-state index contributed by atoms with van der Waals surface area (Å²) in [6.07, 6.45) is 1.07. The number of ether oxygens (including phenoxy) is 1. The van der Waals surface area contributed by atoms with Gasteiger partial charge in [0.15, 0.2) is 11.6 Å². The van der Waals surface area contributed by atoms with E-state index in [2.05, 4.69) is 9.72 Å². The fourth-order valence-corrected chi connectivity index (χ4v) is 1.38. The molecule has 0 amide bonds. The molecule has 1 aromatic heterocycles. The Morgan fingerprint density at radius 3 is 2.76 bits per heavy atom. The highest BCUT2D eigenvalue weighted by Crippen LogP contribution is 2.16. The number of anilines is 1. The van der Waals surface area contributed by atoms with E-state index in [9.17, 15) is 13.6 Å². The van der Waals surface area contributed by atoms with Gasteiger partial charge in [-0.15, -0.1) is 0 Å². The fourth-order valence-electron chi connectivity index (χ4n) is 1.38. The molecule has 0 unspecified atom stereocenters. The third-order valence-corrected chi connectivity index (χ3v) is 2.28. The largest absolute Gasteiger partial charge is 0.469 e. The maximum absolute atomic E-state index is 13.4. The molecule has 6 heteroatoms. The van der Waals surface area contributed by atoms with Crippen molar-refractivity contribution in [2.75, 3.05) is 25.1 Å². The first-order valence-electron chi connectivity index (χ1n) is 5.21. The van der Waals surface area contributed by atoms with Gasteiger partial charge in [0, 0.05) is 19.2 Å². The topological polar surface area (TPSA) is 42.4 Å². The van der Waals surface area contributed by atoms with Gasteiger partial charge < -0.3 is 9.64 Å². The van der Waals surface area contributed by atoms with Crippen LogP contribution in [0, 0.1) is 11.6 Å². The van der Waals surface area contributed by atoms with Crippen LogP contribution >= 0.6 is 0 Å². The van der Waals surface area contributed by atoms with Crippen LogP contribution in [0.3, 0.4) is 0 Å². The van der Waals surface area contributed by atoms with Crippen molar-refractivity contribution in [1.82, 2.24) is 4.98 Å². The molecule has 0 atom stereocenters. The second-order valence-corrected chi connectivity index (χ2v) is 3.36. The van der Waals surface area contributed by atoms with Crippen LogP contribution in [0.2, 0.25) is 0 Å². The van der Waals surface area contributed by atoms with E-state index in [0.717, 1.165) is 12.3 Å². The zero-order valence-electron chi connectivity index (χ0n) is 9.74. The first-order chi connectivity index (χ1) is 8.08. The summed E-state index contributed by atoms with van der Waals surface area (Å²) in [5.74, 6) is -1.81. The number of aromatic nitrogens is 1. The van der Waals surface area contributed by atoms with E-state index < -0.39 is 11.6 Å². The van der Waals surface area contributed by atoms with Crippen LogP contribution in [0.5, 0.6) is 0 Å². The lowest BCUT2D eigenvalue weighted by Gasteiger charge is -2.21. The van der Waals surface area contributed by atoms with Gasteiger partial charge in [-0.3, -0.25) is 4.79 Å². The van der Waals surface area contributed by atoms with Crippen molar-refractivity contribution in [2.24, 2.45) is 0 Å². The Kier molecular flexibility index (Phi) is 4.81. The van der Waals surface area contributed by atoms with E-state index in [-0.39, 0.29) is 24.8 Å². The van der Waals surface area contributed by atoms with Crippen LogP contribution in [-0.4, -0.2) is 31.2 Å². The van der Waals surface area contributed by atoms with E-state index >= 15 is 0 Å². The molecule has 0 radical (unpaired) electrons. The van der Waals surface area contributed by atoms with Gasteiger partial charge in [0.25, 0.3) is 0 Å². The lowest BCUT2D eigenvalue weighted by atomic mass is 10.3. The van der Waals surface area contributed by atoms with Crippen molar-refractivity contribution in [3.05, 3.63) is 23.9 Å². The summed E-state index contributed by atoms with van der Waals surface area (Å²) in [5, 5.41) is 0. The summed E-state index contributed by atoms with van der Waals surface area (Å²) in [5.41, 5.74) is 0. The van der Waals surface area contributed by atoms with Gasteiger partial charge in [0.1, 0.15) is 5.82 Å². The number of nitrogens with zero attached hydrogens (tertiary/aromatic N) is 2. The summed E-state index contributed by atoms with van der Waals surface area (Å²) in [6.45, 7) is 2.53. The SMILES string of the molecule is CCN(CCC(=O)OC)c1ncc(F)cc1F. The molecule has 0 aliphatic heterocycles. The summed E-state index contributed by atoms with van der Waals surface area (Å²) >= 11 is 0. The number of halogens is 2. The highest BCUT2D eigenvalue weighted by molar-refractivity contribution is 5.69. The second kappa shape index (κ2) is 6.12. The predicted octanol–water partition coefficient (Wildman–Crippen LogP) is 1.75. The van der Waals surface area contributed by atoms with Crippen molar-refractivity contribution in [2.45, 2.75) is 13.3 Å². The average Bonchev–Trinajstić information content (AvgIpc) is 2.31. The van der Waals surface area contributed by atoms with Crippen LogP contribution < -0.4 is 4.90 Å². The molecule has 0 aliphatic carbocycles. The second-order valence-electron chi connectivity index (χ2n) is 3.36. The number of carbonyl (C=O) groups excluding carboxylic acids is 1. The third-order valence-electron chi connectivity index (χ3n) is 2.28. The Balaban J connectivity index is 2.75. The number of rotatable bonds is 5. The third kappa shape index (κ3) is 3.65. The van der Waals surface area contributed by atoms with Gasteiger partial charge in [0.05, 0.1) is 19.7 Å². The molecular weight excluding hydrogens is 230 g/mol. The first kappa shape index (κ1) is 13.3. The molecule has 0 bridgehead atoms. The van der Waals surface area contributed by atoms with Crippen molar-refractivity contribution in [3.8, 4) is 0 Å². The van der Waals surface area contributed by atoms with E-state index in [0.29, 0.717) is 6.54 Å². The summed E-state index contributed by atoms with van der Waals surface area (Å²) in [4.78, 5) is 16.2. The highest BCUT2D eigenvalue weighted by Gasteiger charge is 2.14. The van der Waals surface area contributed by atoms with E-state index in [4.69, 9.17) is 0 Å². The van der Waals surface area contributed by atoms with Gasteiger partial charge >= 0.3 is 5.97 Å². The van der Waals surface area contributed by atoms with Crippen molar-refractivity contribution in [3.63, 3.8) is 0 Å². The maximum Gasteiger partial charge on any atom is 0.307 e. The molecule has 94 valence electrons. The standard InChI is InChI=1S/C11H14F2N2O2/c1-3-15(5-4-10(16)17-2)11-9(13)6-8(12)7-14-11/h6-7H,3-5H2,1-2H3. The average molecular weight is 244 g/mol. The van der Waals surface area contributed by atoms with Crippen molar-refractivity contribution in [1.29, 1.82) is 0 Å². The predicted molar refractivity (Wildman–Crippen MR) is 58.7 cm³/mol. The molecular formula is C11H14F2N2O2. The summed E-state index contributed by atoms with van der Waals surface area (Å²) < 4.78 is 30.6. The summed E-state index contributed by atoms with van der Waals surface area (Å²) in [7, 11) is 1.29. The number of carbonyl (C=O) groups is 1. The number of hydrogen-bond donors (Lipinski definition) is 0. The number of esters is 1. The number of methoxy groups -OCH3 is 1. The zero-order valence-corrected chi connectivity index (χ0v) is 9.74. The van der Waals surface area contributed by atoms with Gasteiger partial charge in [-0.05, 0) is 6.92 Å². The minimum Gasteiger partial charge on any atom is -0.469 e. The number of hydrogen-bond acceptors (Lipinski definition) is 4. The Bertz CT molecular complexity index is 399. The summed E-state index contributed by atoms with van der Waals surface area (Å²) in [6, 6.07) is 0.767. The fraction of sp³-hybridized carbons (Fsp3) is 0.455. The van der Waals surface area contributed by atoms with Crippen LogP contribution in [0.15, 0.2) is 12.3 Å². The Morgan fingerprint density at radius 2 is 2.24 bits per heavy atom. The molecule has 0 saturated heterocycles. The normalized spacial score (nSPS) is 10.1. The van der Waals surface area contributed by atoms with E-state index in [1.807, 2.05) is 0 Å². The Labute approximate surface area is 98.2 Å². The zero-order chi connectivity index (χ0) is 12.8. The molecule has 0 N–H and O–H groups in total. The smallest absolute Gasteiger partial charge is 0.307 e. The molecule has 1 rings (SSSR count). The van der Waals surface area contributed by atoms with Gasteiger partial charge in [-0.1, -0.05) is 0 Å². The van der Waals surface area contributed by atoms with Gasteiger partial charge in [0.2, 0.25) is 0 Å². The molecule has 0 spiro atoms.